The molecule has 1 unspecified atom stereocenters. The molecular weight excluding hydrogens is 652 g/mol. The van der Waals surface area contributed by atoms with Crippen LogP contribution >= 0.6 is 22.9 Å². The van der Waals surface area contributed by atoms with Crippen LogP contribution in [0.25, 0.3) is 10.9 Å². The van der Waals surface area contributed by atoms with Gasteiger partial charge in [0, 0.05) is 46.4 Å². The van der Waals surface area contributed by atoms with Gasteiger partial charge in [0.2, 0.25) is 0 Å². The molecule has 2 aromatic carbocycles. The Bertz CT molecular complexity index is 1410. The second-order valence-electron chi connectivity index (χ2n) is 11.2. The van der Waals surface area contributed by atoms with E-state index in [0.29, 0.717) is 47.3 Å². The Kier molecular flexibility index (Phi) is 8.99. The summed E-state index contributed by atoms with van der Waals surface area (Å²) >= 11 is 2.24. The van der Waals surface area contributed by atoms with Crippen LogP contribution in [0.3, 0.4) is 0 Å². The summed E-state index contributed by atoms with van der Waals surface area (Å²) in [6.45, 7) is 9.18. The van der Waals surface area contributed by atoms with Crippen LogP contribution in [0.15, 0.2) is 30.3 Å². The number of alkyl halides is 2. The van der Waals surface area contributed by atoms with E-state index in [1.807, 2.05) is 14.0 Å². The number of nitrogens with one attached hydrogen (secondary N) is 1. The number of aliphatic hydroxyl groups is 1. The molecule has 12 heteroatoms. The number of halogens is 4. The van der Waals surface area contributed by atoms with Crippen LogP contribution in [0, 0.1) is 18.2 Å². The van der Waals surface area contributed by atoms with Crippen molar-refractivity contribution in [3.05, 3.63) is 53.1 Å². The molecule has 1 aliphatic heterocycles. The maximum Gasteiger partial charge on any atom is 0.303 e. The summed E-state index contributed by atoms with van der Waals surface area (Å²) in [6, 6.07) is 6.53. The molecule has 2 N–H and O–H groups in total. The standard InChI is InChI=1S/C29H36F3IN4O4/c1-16(19-9-8-10-21(25(19)30)29(31,32)27(4,5)38)34-26-20-11-24(23(39-7)12-22(20)35-18(3)36-26)41-17(2)28(13-37(6)33)14-40-15-28/h8-12,16-17,38H,13-15H2,1-7H3,(H,34,35,36)/t16-,17?/m1/s1. The number of fused-ring (bicyclic) bond motifs is 1. The maximum absolute atomic E-state index is 15.5. The van der Waals surface area contributed by atoms with E-state index < -0.39 is 28.9 Å². The van der Waals surface area contributed by atoms with Gasteiger partial charge in [0.1, 0.15) is 29.2 Å². The Balaban J connectivity index is 1.71. The van der Waals surface area contributed by atoms with Crippen LogP contribution in [-0.4, -0.2) is 63.8 Å². The third-order valence-electron chi connectivity index (χ3n) is 7.53. The van der Waals surface area contributed by atoms with Crippen LogP contribution < -0.4 is 14.8 Å². The topological polar surface area (TPSA) is 89.0 Å². The molecule has 0 saturated carbocycles. The first-order valence-corrected chi connectivity index (χ1v) is 14.2. The van der Waals surface area contributed by atoms with Gasteiger partial charge in [-0.15, -0.1) is 0 Å². The summed E-state index contributed by atoms with van der Waals surface area (Å²) in [5, 5.41) is 13.8. The molecule has 3 aromatic rings. The Hall–Kier alpha value is -2.42. The lowest BCUT2D eigenvalue weighted by atomic mass is 9.80. The van der Waals surface area contributed by atoms with Crippen LogP contribution in [0.4, 0.5) is 19.0 Å². The third-order valence-corrected chi connectivity index (χ3v) is 7.87. The van der Waals surface area contributed by atoms with Crippen LogP contribution in [0.2, 0.25) is 0 Å². The molecule has 224 valence electrons. The van der Waals surface area contributed by atoms with Crippen molar-refractivity contribution >= 4 is 39.6 Å². The van der Waals surface area contributed by atoms with Gasteiger partial charge < -0.3 is 24.6 Å². The molecule has 0 bridgehead atoms. The summed E-state index contributed by atoms with van der Waals surface area (Å²) in [5.41, 5.74) is -2.94. The summed E-state index contributed by atoms with van der Waals surface area (Å²) in [4.78, 5) is 9.08. The van der Waals surface area contributed by atoms with Crippen molar-refractivity contribution in [2.24, 2.45) is 5.41 Å². The third kappa shape index (κ3) is 6.20. The van der Waals surface area contributed by atoms with Gasteiger partial charge in [0.05, 0.1) is 42.9 Å². The van der Waals surface area contributed by atoms with Crippen molar-refractivity contribution in [1.82, 2.24) is 13.1 Å². The van der Waals surface area contributed by atoms with Gasteiger partial charge in [-0.25, -0.2) is 17.5 Å². The van der Waals surface area contributed by atoms with Gasteiger partial charge in [0.15, 0.2) is 11.5 Å². The lowest BCUT2D eigenvalue weighted by molar-refractivity contribution is -0.170. The SMILES string of the molecule is COc1cc2nc(C)nc(N[C@H](C)c3cccc(C(F)(F)C(C)(C)O)c3F)c2cc1OC(C)C1(CN(C)I)COC1. The molecule has 1 saturated heterocycles. The molecule has 2 atom stereocenters. The molecule has 1 aliphatic rings. The number of methoxy groups -OCH3 is 1. The Labute approximate surface area is 252 Å². The summed E-state index contributed by atoms with van der Waals surface area (Å²) < 4.78 is 64.9. The largest absolute Gasteiger partial charge is 0.493 e. The van der Waals surface area contributed by atoms with Gasteiger partial charge in [-0.1, -0.05) is 12.1 Å². The number of benzene rings is 2. The molecule has 0 radical (unpaired) electrons. The summed E-state index contributed by atoms with van der Waals surface area (Å²) in [5.74, 6) is -3.09. The van der Waals surface area contributed by atoms with E-state index in [9.17, 15) is 13.9 Å². The molecule has 1 fully saturated rings. The number of aromatic nitrogens is 2. The minimum absolute atomic E-state index is 0.00397. The van der Waals surface area contributed by atoms with Crippen molar-refractivity contribution in [3.8, 4) is 11.5 Å². The molecule has 8 nitrogen and oxygen atoms in total. The van der Waals surface area contributed by atoms with Crippen molar-refractivity contribution in [2.45, 2.75) is 58.3 Å². The predicted molar refractivity (Wildman–Crippen MR) is 159 cm³/mol. The number of rotatable bonds is 11. The number of anilines is 1. The molecular formula is C29H36F3IN4O4. The quantitative estimate of drug-likeness (QED) is 0.182. The Morgan fingerprint density at radius 1 is 1.20 bits per heavy atom. The van der Waals surface area contributed by atoms with Gasteiger partial charge in [0.25, 0.3) is 0 Å². The molecule has 4 rings (SSSR count). The smallest absolute Gasteiger partial charge is 0.303 e. The number of aryl methyl sites for hydroxylation is 1. The second kappa shape index (κ2) is 11.7. The van der Waals surface area contributed by atoms with Crippen molar-refractivity contribution in [1.29, 1.82) is 0 Å². The molecule has 2 heterocycles. The van der Waals surface area contributed by atoms with Crippen molar-refractivity contribution in [3.63, 3.8) is 0 Å². The van der Waals surface area contributed by atoms with Crippen molar-refractivity contribution < 1.29 is 32.5 Å². The average molecular weight is 689 g/mol. The first-order chi connectivity index (χ1) is 19.1. The molecule has 0 amide bonds. The normalized spacial score (nSPS) is 16.8. The van der Waals surface area contributed by atoms with Gasteiger partial charge >= 0.3 is 5.92 Å². The highest BCUT2D eigenvalue weighted by atomic mass is 127. The van der Waals surface area contributed by atoms with E-state index in [1.165, 1.54) is 12.1 Å². The van der Waals surface area contributed by atoms with E-state index in [2.05, 4.69) is 41.3 Å². The minimum atomic E-state index is -3.81. The Morgan fingerprint density at radius 2 is 1.88 bits per heavy atom. The van der Waals surface area contributed by atoms with E-state index in [0.717, 1.165) is 26.5 Å². The zero-order chi connectivity index (χ0) is 30.3. The molecule has 1 aromatic heterocycles. The van der Waals surface area contributed by atoms with Gasteiger partial charge in [-0.05, 0) is 53.8 Å². The van der Waals surface area contributed by atoms with Gasteiger partial charge in [-0.3, -0.25) is 0 Å². The lowest BCUT2D eigenvalue weighted by Crippen LogP contribution is -2.57. The average Bonchev–Trinajstić information content (AvgIpc) is 2.85. The van der Waals surface area contributed by atoms with E-state index >= 15 is 4.39 Å². The molecule has 0 spiro atoms. The number of nitrogens with zero attached hydrogens (tertiary/aromatic N) is 3. The summed E-state index contributed by atoms with van der Waals surface area (Å²) in [7, 11) is 3.54. The second-order valence-corrected chi connectivity index (χ2v) is 12.9. The monoisotopic (exact) mass is 688 g/mol. The zero-order valence-electron chi connectivity index (χ0n) is 24.2. The van der Waals surface area contributed by atoms with Crippen LogP contribution in [-0.2, 0) is 10.7 Å². The fourth-order valence-electron chi connectivity index (χ4n) is 4.92. The maximum atomic E-state index is 15.5. The highest BCUT2D eigenvalue weighted by Gasteiger charge is 2.49. The van der Waals surface area contributed by atoms with Crippen LogP contribution in [0.5, 0.6) is 11.5 Å². The molecule has 0 aliphatic carbocycles. The van der Waals surface area contributed by atoms with E-state index in [-0.39, 0.29) is 17.1 Å². The summed E-state index contributed by atoms with van der Waals surface area (Å²) in [6.07, 6.45) is -0.212. The zero-order valence-corrected chi connectivity index (χ0v) is 26.3. The Morgan fingerprint density at radius 3 is 2.44 bits per heavy atom. The number of hydrogen-bond acceptors (Lipinski definition) is 8. The minimum Gasteiger partial charge on any atom is -0.493 e. The van der Waals surface area contributed by atoms with Crippen LogP contribution in [0.1, 0.15) is 50.7 Å². The van der Waals surface area contributed by atoms with E-state index in [1.54, 1.807) is 33.1 Å². The number of ether oxygens (including phenoxy) is 3. The number of hydrogen-bond donors (Lipinski definition) is 2. The van der Waals surface area contributed by atoms with Gasteiger partial charge in [-0.2, -0.15) is 8.78 Å². The predicted octanol–water partition coefficient (Wildman–Crippen LogP) is 6.19. The first-order valence-electron chi connectivity index (χ1n) is 13.2. The lowest BCUT2D eigenvalue weighted by Gasteiger charge is -2.46. The fraction of sp³-hybridized carbons (Fsp3) is 0.517. The highest BCUT2D eigenvalue weighted by Crippen LogP contribution is 2.43. The fourth-order valence-corrected chi connectivity index (χ4v) is 5.60. The highest BCUT2D eigenvalue weighted by molar-refractivity contribution is 14.1. The molecule has 41 heavy (non-hydrogen) atoms. The van der Waals surface area contributed by atoms with Crippen molar-refractivity contribution in [2.75, 3.05) is 39.2 Å². The van der Waals surface area contributed by atoms with E-state index in [4.69, 9.17) is 14.2 Å². The first kappa shape index (κ1) is 31.5.